The quantitative estimate of drug-likeness (QED) is 0.137. The van der Waals surface area contributed by atoms with Gasteiger partial charge < -0.3 is 4.42 Å². The Hall–Kier alpha value is -9.55. The minimum Gasteiger partial charge on any atom is -0.456 e. The molecule has 0 fully saturated rings. The van der Waals surface area contributed by atoms with Gasteiger partial charge in [-0.3, -0.25) is 0 Å². The molecule has 0 aliphatic carbocycles. The maximum absolute atomic E-state index is 6.56. The molecule has 1 atom stereocenters. The lowest BCUT2D eigenvalue weighted by atomic mass is 9.84. The van der Waals surface area contributed by atoms with E-state index in [1.165, 1.54) is 53.7 Å². The molecule has 1 unspecified atom stereocenters. The number of fused-ring (bicyclic) bond motifs is 6. The van der Waals surface area contributed by atoms with Gasteiger partial charge in [-0.05, 0) is 128 Å². The van der Waals surface area contributed by atoms with Gasteiger partial charge >= 0.3 is 0 Å². The Morgan fingerprint density at radius 3 is 1.62 bits per heavy atom. The number of rotatable bonds is 10. The number of aromatic nitrogens is 3. The number of hydrogen-bond acceptors (Lipinski definition) is 5. The molecule has 0 N–H and O–H groups in total. The van der Waals surface area contributed by atoms with E-state index in [0.717, 1.165) is 77.4 Å². The second-order valence-corrected chi connectivity index (χ2v) is 21.0. The zero-order chi connectivity index (χ0) is 51.4. The summed E-state index contributed by atoms with van der Waals surface area (Å²) in [7, 11) is 0. The maximum Gasteiger partial charge on any atom is 0.164 e. The smallest absolute Gasteiger partial charge is 0.164 e. The molecule has 0 saturated carbocycles. The average Bonchev–Trinajstić information content (AvgIpc) is 4.15. The number of furan rings is 1. The fraction of sp³-hybridized carbons (Fsp3) is 0.0417. The second kappa shape index (κ2) is 19.3. The van der Waals surface area contributed by atoms with Gasteiger partial charge in [-0.1, -0.05) is 207 Å². The van der Waals surface area contributed by atoms with Gasteiger partial charge in [0, 0.05) is 59.1 Å². The highest BCUT2D eigenvalue weighted by Gasteiger charge is 2.22. The summed E-state index contributed by atoms with van der Waals surface area (Å²) in [5.74, 6) is 1.96. The first kappa shape index (κ1) is 46.0. The zero-order valence-corrected chi connectivity index (χ0v) is 43.3. The van der Waals surface area contributed by atoms with E-state index in [-0.39, 0.29) is 5.92 Å². The van der Waals surface area contributed by atoms with Crippen LogP contribution in [0.15, 0.2) is 259 Å². The van der Waals surface area contributed by atoms with Gasteiger partial charge in [-0.2, -0.15) is 0 Å². The minimum absolute atomic E-state index is 0.0814. The van der Waals surface area contributed by atoms with Crippen LogP contribution in [0, 0.1) is 6.92 Å². The van der Waals surface area contributed by atoms with Crippen molar-refractivity contribution in [1.29, 1.82) is 0 Å². The van der Waals surface area contributed by atoms with Crippen LogP contribution in [0.4, 0.5) is 0 Å². The van der Waals surface area contributed by atoms with Crippen LogP contribution in [0.25, 0.3) is 132 Å². The minimum atomic E-state index is 0.0814. The molecular weight excluding hydrogens is 955 g/mol. The van der Waals surface area contributed by atoms with Crippen molar-refractivity contribution in [3.05, 3.63) is 271 Å². The summed E-state index contributed by atoms with van der Waals surface area (Å²) in [4.78, 5) is 15.9. The summed E-state index contributed by atoms with van der Waals surface area (Å²) in [6, 6.07) is 91.0. The van der Waals surface area contributed by atoms with Gasteiger partial charge in [-0.25, -0.2) is 15.0 Å². The number of hydrogen-bond donors (Lipinski definition) is 0. The van der Waals surface area contributed by atoms with Gasteiger partial charge in [0.2, 0.25) is 0 Å². The summed E-state index contributed by atoms with van der Waals surface area (Å²) >= 11 is 1.80. The molecule has 5 heteroatoms. The third-order valence-electron chi connectivity index (χ3n) is 15.2. The summed E-state index contributed by atoms with van der Waals surface area (Å²) < 4.78 is 8.95. The first-order valence-electron chi connectivity index (χ1n) is 26.2. The lowest BCUT2D eigenvalue weighted by molar-refractivity contribution is 0.659. The number of para-hydroxylation sites is 2. The van der Waals surface area contributed by atoms with Crippen LogP contribution in [0.3, 0.4) is 0 Å². The van der Waals surface area contributed by atoms with E-state index in [4.69, 9.17) is 19.4 Å². The number of nitrogens with zero attached hydrogens (tertiary/aromatic N) is 3. The first-order chi connectivity index (χ1) is 38.0. The van der Waals surface area contributed by atoms with E-state index in [1.54, 1.807) is 11.3 Å². The van der Waals surface area contributed by atoms with E-state index < -0.39 is 0 Å². The van der Waals surface area contributed by atoms with Gasteiger partial charge in [0.15, 0.2) is 17.5 Å². The maximum atomic E-state index is 6.56. The van der Waals surface area contributed by atoms with E-state index in [1.807, 2.05) is 24.3 Å². The summed E-state index contributed by atoms with van der Waals surface area (Å²) in [6.07, 6.45) is 0. The summed E-state index contributed by atoms with van der Waals surface area (Å²) in [5.41, 5.74) is 20.0. The van der Waals surface area contributed by atoms with Gasteiger partial charge in [0.1, 0.15) is 11.2 Å². The molecule has 77 heavy (non-hydrogen) atoms. The highest BCUT2D eigenvalue weighted by molar-refractivity contribution is 7.26. The van der Waals surface area contributed by atoms with Crippen molar-refractivity contribution in [3.63, 3.8) is 0 Å². The van der Waals surface area contributed by atoms with Crippen molar-refractivity contribution in [1.82, 2.24) is 15.0 Å². The first-order valence-corrected chi connectivity index (χ1v) is 27.0. The Morgan fingerprint density at radius 1 is 0.338 bits per heavy atom. The zero-order valence-electron chi connectivity index (χ0n) is 42.5. The monoisotopic (exact) mass is 1000 g/mol. The third kappa shape index (κ3) is 8.48. The SMILES string of the molecule is Cc1ccc(-c2ccc3sc4cccc(-c5nc(-c6ccccc6)nc(-c6cccc(-c7cc(-c8ccccc8)cc(-c8ccccc8)c7)c6)n5)c4c3c2)cc1-c1ccccc1C(C)c1cccc2c1oc1ccccc12. The molecule has 0 bridgehead atoms. The van der Waals surface area contributed by atoms with Crippen LogP contribution >= 0.6 is 11.3 Å². The van der Waals surface area contributed by atoms with Crippen molar-refractivity contribution in [2.75, 3.05) is 0 Å². The van der Waals surface area contributed by atoms with E-state index in [0.29, 0.717) is 17.5 Å². The Morgan fingerprint density at radius 2 is 0.857 bits per heavy atom. The van der Waals surface area contributed by atoms with Crippen molar-refractivity contribution in [2.45, 2.75) is 19.8 Å². The molecule has 364 valence electrons. The summed E-state index contributed by atoms with van der Waals surface area (Å²) in [5, 5.41) is 4.60. The van der Waals surface area contributed by atoms with Crippen LogP contribution < -0.4 is 0 Å². The fourth-order valence-electron chi connectivity index (χ4n) is 11.3. The van der Waals surface area contributed by atoms with Crippen molar-refractivity contribution in [3.8, 4) is 89.8 Å². The number of benzene rings is 11. The molecule has 14 aromatic rings. The average molecular weight is 1000 g/mol. The molecule has 4 nitrogen and oxygen atoms in total. The fourth-order valence-corrected chi connectivity index (χ4v) is 12.4. The topological polar surface area (TPSA) is 51.8 Å². The van der Waals surface area contributed by atoms with Crippen LogP contribution in [0.2, 0.25) is 0 Å². The molecular formula is C72H49N3OS. The predicted molar refractivity (Wildman–Crippen MR) is 322 cm³/mol. The molecule has 0 aliphatic rings. The molecule has 3 aromatic heterocycles. The standard InChI is InChI=1S/C72H49N3OS/c1-45-35-36-51(43-63(45)59-28-13-12-27-57(59)46(2)58-30-17-31-61-60-29-14-15-33-65(60)76-69(58)61)52-37-38-66-64(44-52)68-62(32-18-34-67(68)77-66)72-74-70(49-23-10-5-11-24-49)73-71(75-72)53-26-16-25-50(39-53)56-41-54(47-19-6-3-7-20-47)40-55(42-56)48-21-8-4-9-22-48/h3-44,46H,1-2H3. The third-order valence-corrected chi connectivity index (χ3v) is 16.3. The molecule has 11 aromatic carbocycles. The van der Waals surface area contributed by atoms with Gasteiger partial charge in [0.25, 0.3) is 0 Å². The highest BCUT2D eigenvalue weighted by atomic mass is 32.1. The van der Waals surface area contributed by atoms with Crippen LogP contribution in [-0.2, 0) is 0 Å². The molecule has 0 spiro atoms. The van der Waals surface area contributed by atoms with Crippen LogP contribution in [-0.4, -0.2) is 15.0 Å². The van der Waals surface area contributed by atoms with E-state index in [9.17, 15) is 0 Å². The normalized spacial score (nSPS) is 12.0. The molecule has 0 aliphatic heterocycles. The van der Waals surface area contributed by atoms with Gasteiger partial charge in [0.05, 0.1) is 0 Å². The Labute approximate surface area is 451 Å². The number of thiophene rings is 1. The Bertz CT molecular complexity index is 4480. The van der Waals surface area contributed by atoms with Crippen molar-refractivity contribution >= 4 is 53.4 Å². The molecule has 3 heterocycles. The van der Waals surface area contributed by atoms with E-state index in [2.05, 4.69) is 244 Å². The second-order valence-electron chi connectivity index (χ2n) is 19.9. The molecule has 14 rings (SSSR count). The Kier molecular flexibility index (Phi) is 11.5. The highest BCUT2D eigenvalue weighted by Crippen LogP contribution is 2.44. The molecule has 0 saturated heterocycles. The number of aryl methyl sites for hydroxylation is 1. The molecule has 0 radical (unpaired) electrons. The van der Waals surface area contributed by atoms with Crippen molar-refractivity contribution < 1.29 is 4.42 Å². The summed E-state index contributed by atoms with van der Waals surface area (Å²) in [6.45, 7) is 4.52. The lowest BCUT2D eigenvalue weighted by Gasteiger charge is -2.19. The van der Waals surface area contributed by atoms with Crippen LogP contribution in [0.5, 0.6) is 0 Å². The lowest BCUT2D eigenvalue weighted by Crippen LogP contribution is -2.00. The molecule has 0 amide bonds. The Balaban J connectivity index is 0.868. The largest absolute Gasteiger partial charge is 0.456 e. The van der Waals surface area contributed by atoms with E-state index >= 15 is 0 Å². The van der Waals surface area contributed by atoms with Gasteiger partial charge in [-0.15, -0.1) is 11.3 Å². The van der Waals surface area contributed by atoms with Crippen LogP contribution in [0.1, 0.15) is 29.5 Å². The predicted octanol–water partition coefficient (Wildman–Crippen LogP) is 19.9. The van der Waals surface area contributed by atoms with Crippen molar-refractivity contribution in [2.24, 2.45) is 0 Å².